The minimum Gasteiger partial charge on any atom is -0.462 e. The predicted octanol–water partition coefficient (Wildman–Crippen LogP) is 2.32. The van der Waals surface area contributed by atoms with Gasteiger partial charge in [0, 0.05) is 24.2 Å². The molecular formula is C16H17N5O2. The first-order valence-electron chi connectivity index (χ1n) is 7.56. The van der Waals surface area contributed by atoms with E-state index in [1.54, 1.807) is 23.8 Å². The van der Waals surface area contributed by atoms with E-state index in [9.17, 15) is 4.79 Å². The van der Waals surface area contributed by atoms with Crippen molar-refractivity contribution < 1.29 is 9.53 Å². The molecule has 0 radical (unpaired) electrons. The van der Waals surface area contributed by atoms with Gasteiger partial charge in [-0.1, -0.05) is 13.3 Å². The van der Waals surface area contributed by atoms with Crippen LogP contribution in [0.4, 0.5) is 0 Å². The number of nitrogens with zero attached hydrogens (tertiary/aromatic N) is 5. The Kier molecular flexibility index (Phi) is 4.27. The normalized spacial score (nSPS) is 10.9. The van der Waals surface area contributed by atoms with E-state index >= 15 is 0 Å². The highest BCUT2D eigenvalue weighted by molar-refractivity contribution is 5.90. The number of pyridine rings is 1. The van der Waals surface area contributed by atoms with E-state index in [1.807, 2.05) is 19.1 Å². The van der Waals surface area contributed by atoms with Crippen LogP contribution >= 0.6 is 0 Å². The second-order valence-corrected chi connectivity index (χ2v) is 4.97. The third kappa shape index (κ3) is 2.90. The molecule has 0 bridgehead atoms. The number of ether oxygens (including phenoxy) is 1. The summed E-state index contributed by atoms with van der Waals surface area (Å²) in [5.74, 6) is 0.637. The van der Waals surface area contributed by atoms with Gasteiger partial charge in [0.2, 0.25) is 0 Å². The molecule has 0 N–H and O–H groups in total. The summed E-state index contributed by atoms with van der Waals surface area (Å²) < 4.78 is 6.74. The van der Waals surface area contributed by atoms with Gasteiger partial charge in [0.05, 0.1) is 17.9 Å². The lowest BCUT2D eigenvalue weighted by atomic mass is 10.1. The lowest BCUT2D eigenvalue weighted by molar-refractivity contribution is 0.0523. The summed E-state index contributed by atoms with van der Waals surface area (Å²) in [6, 6.07) is 3.67. The van der Waals surface area contributed by atoms with Crippen molar-refractivity contribution >= 4 is 11.7 Å². The third-order valence-electron chi connectivity index (χ3n) is 3.39. The molecule has 7 nitrogen and oxygen atoms in total. The molecule has 0 aliphatic rings. The SMILES string of the molecule is CCCc1c(C(=O)OCC)cnc2nc(-c3ccncc3)nn12. The zero-order chi connectivity index (χ0) is 16.2. The number of carbonyl (C=O) groups is 1. The van der Waals surface area contributed by atoms with Gasteiger partial charge in [-0.3, -0.25) is 4.98 Å². The van der Waals surface area contributed by atoms with Gasteiger partial charge in [0.25, 0.3) is 5.78 Å². The molecule has 0 aromatic carbocycles. The van der Waals surface area contributed by atoms with Crippen molar-refractivity contribution in [3.63, 3.8) is 0 Å². The van der Waals surface area contributed by atoms with Gasteiger partial charge in [0.1, 0.15) is 0 Å². The lowest BCUT2D eigenvalue weighted by Gasteiger charge is -2.08. The van der Waals surface area contributed by atoms with Gasteiger partial charge in [-0.25, -0.2) is 9.78 Å². The average Bonchev–Trinajstić information content (AvgIpc) is 3.01. The number of hydrogen-bond acceptors (Lipinski definition) is 6. The van der Waals surface area contributed by atoms with Crippen LogP contribution in [0.3, 0.4) is 0 Å². The zero-order valence-corrected chi connectivity index (χ0v) is 13.1. The van der Waals surface area contributed by atoms with Crippen molar-refractivity contribution in [2.45, 2.75) is 26.7 Å². The number of aryl methyl sites for hydroxylation is 1. The van der Waals surface area contributed by atoms with Crippen molar-refractivity contribution in [1.82, 2.24) is 24.6 Å². The molecule has 3 rings (SSSR count). The average molecular weight is 311 g/mol. The van der Waals surface area contributed by atoms with Gasteiger partial charge >= 0.3 is 5.97 Å². The first-order chi connectivity index (χ1) is 11.2. The lowest BCUT2D eigenvalue weighted by Crippen LogP contribution is -2.13. The van der Waals surface area contributed by atoms with Crippen LogP contribution in [0.15, 0.2) is 30.7 Å². The topological polar surface area (TPSA) is 82.3 Å². The molecular weight excluding hydrogens is 294 g/mol. The molecule has 0 saturated heterocycles. The molecule has 3 aromatic rings. The van der Waals surface area contributed by atoms with Crippen molar-refractivity contribution in [2.24, 2.45) is 0 Å². The number of rotatable bonds is 5. The van der Waals surface area contributed by atoms with E-state index < -0.39 is 0 Å². The highest BCUT2D eigenvalue weighted by Crippen LogP contribution is 2.18. The maximum Gasteiger partial charge on any atom is 0.341 e. The Morgan fingerprint density at radius 1 is 1.26 bits per heavy atom. The van der Waals surface area contributed by atoms with Crippen LogP contribution < -0.4 is 0 Å². The van der Waals surface area contributed by atoms with E-state index in [-0.39, 0.29) is 5.97 Å². The van der Waals surface area contributed by atoms with Crippen LogP contribution in [0.2, 0.25) is 0 Å². The molecule has 3 heterocycles. The van der Waals surface area contributed by atoms with Crippen molar-refractivity contribution in [3.05, 3.63) is 42.0 Å². The molecule has 3 aromatic heterocycles. The Morgan fingerprint density at radius 2 is 2.04 bits per heavy atom. The number of hydrogen-bond donors (Lipinski definition) is 0. The van der Waals surface area contributed by atoms with Gasteiger partial charge in [-0.05, 0) is 25.5 Å². The number of fused-ring (bicyclic) bond motifs is 1. The summed E-state index contributed by atoms with van der Waals surface area (Å²) >= 11 is 0. The highest BCUT2D eigenvalue weighted by atomic mass is 16.5. The number of carbonyl (C=O) groups excluding carboxylic acids is 1. The Morgan fingerprint density at radius 3 is 2.74 bits per heavy atom. The Balaban J connectivity index is 2.14. The van der Waals surface area contributed by atoms with E-state index in [0.717, 1.165) is 17.7 Å². The van der Waals surface area contributed by atoms with Gasteiger partial charge in [-0.15, -0.1) is 5.10 Å². The first kappa shape index (κ1) is 15.1. The molecule has 0 amide bonds. The van der Waals surface area contributed by atoms with Crippen molar-refractivity contribution in [1.29, 1.82) is 0 Å². The number of aromatic nitrogens is 5. The minimum atomic E-state index is -0.383. The molecule has 0 aliphatic carbocycles. The fourth-order valence-corrected chi connectivity index (χ4v) is 2.36. The second-order valence-electron chi connectivity index (χ2n) is 4.97. The van der Waals surface area contributed by atoms with Crippen LogP contribution in [0.5, 0.6) is 0 Å². The molecule has 0 aliphatic heterocycles. The summed E-state index contributed by atoms with van der Waals surface area (Å²) in [6.07, 6.45) is 6.45. The Bertz CT molecular complexity index is 829. The molecule has 7 heteroatoms. The van der Waals surface area contributed by atoms with Crippen molar-refractivity contribution in [2.75, 3.05) is 6.61 Å². The monoisotopic (exact) mass is 311 g/mol. The molecule has 0 saturated carbocycles. The summed E-state index contributed by atoms with van der Waals surface area (Å²) in [5, 5.41) is 4.51. The van der Waals surface area contributed by atoms with Gasteiger partial charge in [0.15, 0.2) is 5.82 Å². The minimum absolute atomic E-state index is 0.321. The summed E-state index contributed by atoms with van der Waals surface area (Å²) in [5.41, 5.74) is 2.06. The van der Waals surface area contributed by atoms with E-state index in [0.29, 0.717) is 30.2 Å². The molecule has 0 atom stereocenters. The van der Waals surface area contributed by atoms with Crippen LogP contribution in [-0.2, 0) is 11.2 Å². The number of esters is 1. The molecule has 0 spiro atoms. The molecule has 0 fully saturated rings. The summed E-state index contributed by atoms with van der Waals surface area (Å²) in [4.78, 5) is 24.8. The van der Waals surface area contributed by atoms with Crippen LogP contribution in [0, 0.1) is 0 Å². The zero-order valence-electron chi connectivity index (χ0n) is 13.1. The molecule has 23 heavy (non-hydrogen) atoms. The summed E-state index contributed by atoms with van der Waals surface area (Å²) in [7, 11) is 0. The van der Waals surface area contributed by atoms with Crippen molar-refractivity contribution in [3.8, 4) is 11.4 Å². The quantitative estimate of drug-likeness (QED) is 0.672. The largest absolute Gasteiger partial charge is 0.462 e. The molecule has 0 unspecified atom stereocenters. The van der Waals surface area contributed by atoms with Crippen LogP contribution in [0.25, 0.3) is 17.2 Å². The third-order valence-corrected chi connectivity index (χ3v) is 3.39. The highest BCUT2D eigenvalue weighted by Gasteiger charge is 2.19. The van der Waals surface area contributed by atoms with E-state index in [1.165, 1.54) is 6.20 Å². The molecule has 118 valence electrons. The first-order valence-corrected chi connectivity index (χ1v) is 7.56. The van der Waals surface area contributed by atoms with E-state index in [2.05, 4.69) is 20.1 Å². The standard InChI is InChI=1S/C16H17N5O2/c1-3-5-13-12(15(22)23-4-2)10-18-16-19-14(20-21(13)16)11-6-8-17-9-7-11/h6-10H,3-5H2,1-2H3. The second kappa shape index (κ2) is 6.51. The summed E-state index contributed by atoms with van der Waals surface area (Å²) in [6.45, 7) is 4.14. The van der Waals surface area contributed by atoms with Crippen LogP contribution in [-0.4, -0.2) is 37.1 Å². The Hall–Kier alpha value is -2.83. The predicted molar refractivity (Wildman–Crippen MR) is 84.0 cm³/mol. The smallest absolute Gasteiger partial charge is 0.341 e. The van der Waals surface area contributed by atoms with Gasteiger partial charge in [-0.2, -0.15) is 9.50 Å². The maximum atomic E-state index is 12.1. The Labute approximate surface area is 133 Å². The fraction of sp³-hybridized carbons (Fsp3) is 0.312. The maximum absolute atomic E-state index is 12.1. The van der Waals surface area contributed by atoms with E-state index in [4.69, 9.17) is 4.74 Å². The van der Waals surface area contributed by atoms with Gasteiger partial charge < -0.3 is 4.74 Å². The fourth-order valence-electron chi connectivity index (χ4n) is 2.36. The van der Waals surface area contributed by atoms with Crippen LogP contribution in [0.1, 0.15) is 36.3 Å².